The Labute approximate surface area is 157 Å². The number of aliphatic carboxylic acids is 1. The smallest absolute Gasteiger partial charge is 0.315 e. The maximum absolute atomic E-state index is 12.2. The van der Waals surface area contributed by atoms with Crippen molar-refractivity contribution in [3.63, 3.8) is 0 Å². The number of urea groups is 1. The second-order valence-corrected chi connectivity index (χ2v) is 6.99. The van der Waals surface area contributed by atoms with Crippen LogP contribution in [0.3, 0.4) is 0 Å². The average Bonchev–Trinajstić information content (AvgIpc) is 3.12. The van der Waals surface area contributed by atoms with Crippen LogP contribution in [-0.2, 0) is 4.79 Å². The van der Waals surface area contributed by atoms with Gasteiger partial charge in [0.1, 0.15) is 11.5 Å². The summed E-state index contributed by atoms with van der Waals surface area (Å²) in [5, 5.41) is 21.8. The van der Waals surface area contributed by atoms with Gasteiger partial charge in [-0.25, -0.2) is 9.78 Å². The van der Waals surface area contributed by atoms with Crippen molar-refractivity contribution >= 4 is 12.0 Å². The average molecular weight is 372 g/mol. The quantitative estimate of drug-likeness (QED) is 0.636. The summed E-state index contributed by atoms with van der Waals surface area (Å²) >= 11 is 0. The fourth-order valence-corrected chi connectivity index (χ4v) is 3.22. The van der Waals surface area contributed by atoms with Gasteiger partial charge in [-0.15, -0.1) is 0 Å². The number of nitrogens with zero attached hydrogens (tertiary/aromatic N) is 3. The number of carbonyl (C=O) groups excluding carboxylic acids is 1. The first-order chi connectivity index (χ1) is 12.9. The van der Waals surface area contributed by atoms with E-state index < -0.39 is 5.97 Å². The van der Waals surface area contributed by atoms with E-state index in [4.69, 9.17) is 5.11 Å². The number of nitrogens with one attached hydrogen (secondary N) is 3. The van der Waals surface area contributed by atoms with Crippen LogP contribution >= 0.6 is 0 Å². The predicted octanol–water partition coefficient (Wildman–Crippen LogP) is 2.18. The molecule has 144 valence electrons. The Morgan fingerprint density at radius 2 is 2.04 bits per heavy atom. The largest absolute Gasteiger partial charge is 0.481 e. The van der Waals surface area contributed by atoms with Crippen LogP contribution in [0, 0.1) is 12.8 Å². The third kappa shape index (κ3) is 4.81. The van der Waals surface area contributed by atoms with Gasteiger partial charge in [-0.05, 0) is 57.2 Å². The molecular formula is C18H24N6O3. The van der Waals surface area contributed by atoms with E-state index in [1.807, 2.05) is 26.0 Å². The molecule has 2 amide bonds. The van der Waals surface area contributed by atoms with Crippen LogP contribution in [0.4, 0.5) is 4.79 Å². The molecule has 0 saturated heterocycles. The number of aromatic amines is 1. The first kappa shape index (κ1) is 18.8. The summed E-state index contributed by atoms with van der Waals surface area (Å²) in [4.78, 5) is 31.9. The molecule has 1 saturated carbocycles. The van der Waals surface area contributed by atoms with E-state index in [-0.39, 0.29) is 24.0 Å². The van der Waals surface area contributed by atoms with Crippen molar-refractivity contribution in [3.8, 4) is 11.5 Å². The Balaban J connectivity index is 1.52. The topological polar surface area (TPSA) is 133 Å². The van der Waals surface area contributed by atoms with Gasteiger partial charge in [0.2, 0.25) is 0 Å². The summed E-state index contributed by atoms with van der Waals surface area (Å²) in [6, 6.07) is 3.13. The van der Waals surface area contributed by atoms with Crippen LogP contribution in [0.25, 0.3) is 11.5 Å². The molecule has 3 rings (SSSR count). The number of aromatic nitrogens is 4. The van der Waals surface area contributed by atoms with E-state index in [2.05, 4.69) is 30.8 Å². The van der Waals surface area contributed by atoms with E-state index in [0.29, 0.717) is 43.0 Å². The van der Waals surface area contributed by atoms with Gasteiger partial charge in [0.05, 0.1) is 12.0 Å². The Hall–Kier alpha value is -2.97. The molecule has 2 aromatic rings. The van der Waals surface area contributed by atoms with Crippen molar-refractivity contribution in [2.45, 2.75) is 51.6 Å². The molecule has 0 aliphatic heterocycles. The normalized spacial score (nSPS) is 20.7. The zero-order valence-electron chi connectivity index (χ0n) is 15.4. The summed E-state index contributed by atoms with van der Waals surface area (Å²) in [6.07, 6.45) is 4.22. The lowest BCUT2D eigenvalue weighted by molar-refractivity contribution is -0.142. The van der Waals surface area contributed by atoms with Crippen LogP contribution < -0.4 is 10.6 Å². The van der Waals surface area contributed by atoms with E-state index in [1.165, 1.54) is 0 Å². The van der Waals surface area contributed by atoms with E-state index in [1.54, 1.807) is 6.20 Å². The molecule has 9 nitrogen and oxygen atoms in total. The highest BCUT2D eigenvalue weighted by molar-refractivity contribution is 5.75. The fourth-order valence-electron chi connectivity index (χ4n) is 3.22. The highest BCUT2D eigenvalue weighted by Crippen LogP contribution is 2.24. The lowest BCUT2D eigenvalue weighted by atomic mass is 9.86. The highest BCUT2D eigenvalue weighted by atomic mass is 16.4. The number of rotatable bonds is 5. The zero-order chi connectivity index (χ0) is 19.4. The van der Waals surface area contributed by atoms with Crippen LogP contribution in [0.1, 0.15) is 50.0 Å². The molecule has 1 aliphatic carbocycles. The Bertz CT molecular complexity index is 813. The summed E-state index contributed by atoms with van der Waals surface area (Å²) in [5.41, 5.74) is 1.74. The van der Waals surface area contributed by atoms with E-state index in [0.717, 1.165) is 5.56 Å². The van der Waals surface area contributed by atoms with Gasteiger partial charge in [-0.2, -0.15) is 5.10 Å². The minimum atomic E-state index is -0.754. The number of H-pyrrole nitrogens is 1. The number of amides is 2. The number of hydrogen-bond donors (Lipinski definition) is 4. The predicted molar refractivity (Wildman–Crippen MR) is 97.8 cm³/mol. The molecule has 1 aliphatic rings. The van der Waals surface area contributed by atoms with E-state index >= 15 is 0 Å². The maximum Gasteiger partial charge on any atom is 0.315 e. The van der Waals surface area contributed by atoms with Crippen LogP contribution in [0.5, 0.6) is 0 Å². The maximum atomic E-state index is 12.2. The number of carboxylic acid groups (broad SMARTS) is 1. The molecule has 2 heterocycles. The number of hydrogen-bond acceptors (Lipinski definition) is 5. The molecule has 9 heteroatoms. The number of carboxylic acids is 1. The molecule has 1 fully saturated rings. The molecule has 2 aromatic heterocycles. The first-order valence-electron chi connectivity index (χ1n) is 9.07. The van der Waals surface area contributed by atoms with Gasteiger partial charge >= 0.3 is 12.0 Å². The monoisotopic (exact) mass is 372 g/mol. The summed E-state index contributed by atoms with van der Waals surface area (Å²) in [6.45, 7) is 3.78. The van der Waals surface area contributed by atoms with Crippen molar-refractivity contribution < 1.29 is 14.7 Å². The highest BCUT2D eigenvalue weighted by Gasteiger charge is 2.27. The third-order valence-electron chi connectivity index (χ3n) is 4.82. The Morgan fingerprint density at radius 1 is 1.30 bits per heavy atom. The second-order valence-electron chi connectivity index (χ2n) is 6.99. The van der Waals surface area contributed by atoms with Crippen molar-refractivity contribution in [2.75, 3.05) is 0 Å². The molecule has 0 spiro atoms. The van der Waals surface area contributed by atoms with Crippen LogP contribution in [0.2, 0.25) is 0 Å². The number of aryl methyl sites for hydroxylation is 1. The Kier molecular flexibility index (Phi) is 5.68. The Morgan fingerprint density at radius 3 is 2.70 bits per heavy atom. The molecule has 27 heavy (non-hydrogen) atoms. The van der Waals surface area contributed by atoms with Crippen molar-refractivity contribution in [2.24, 2.45) is 5.92 Å². The molecule has 1 atom stereocenters. The first-order valence-corrected chi connectivity index (χ1v) is 9.07. The van der Waals surface area contributed by atoms with Crippen LogP contribution in [0.15, 0.2) is 18.3 Å². The van der Waals surface area contributed by atoms with Gasteiger partial charge < -0.3 is 15.7 Å². The molecule has 0 bridgehead atoms. The number of carbonyl (C=O) groups is 2. The standard InChI is InChI=1S/C18H24N6O3/c1-10-7-8-19-14(9-10)16-22-15(23-24-16)11(2)20-18(27)21-13-5-3-12(4-6-13)17(25)26/h7-9,11-13H,3-6H2,1-2H3,(H,25,26)(H2,20,21,27)(H,22,23,24). The van der Waals surface area contributed by atoms with Gasteiger partial charge in [0, 0.05) is 12.2 Å². The lowest BCUT2D eigenvalue weighted by Gasteiger charge is -2.27. The van der Waals surface area contributed by atoms with Crippen molar-refractivity contribution in [3.05, 3.63) is 29.7 Å². The summed E-state index contributed by atoms with van der Waals surface area (Å²) in [5.74, 6) is -0.0311. The molecule has 4 N–H and O–H groups in total. The molecular weight excluding hydrogens is 348 g/mol. The summed E-state index contributed by atoms with van der Waals surface area (Å²) in [7, 11) is 0. The van der Waals surface area contributed by atoms with Crippen molar-refractivity contribution in [1.82, 2.24) is 30.8 Å². The lowest BCUT2D eigenvalue weighted by Crippen LogP contribution is -2.45. The minimum Gasteiger partial charge on any atom is -0.481 e. The molecule has 0 aromatic carbocycles. The van der Waals surface area contributed by atoms with Crippen LogP contribution in [-0.4, -0.2) is 43.3 Å². The number of pyridine rings is 1. The van der Waals surface area contributed by atoms with Gasteiger partial charge in [-0.1, -0.05) is 0 Å². The van der Waals surface area contributed by atoms with E-state index in [9.17, 15) is 9.59 Å². The van der Waals surface area contributed by atoms with Gasteiger partial charge in [0.15, 0.2) is 5.82 Å². The minimum absolute atomic E-state index is 0.00502. The summed E-state index contributed by atoms with van der Waals surface area (Å²) < 4.78 is 0. The van der Waals surface area contributed by atoms with Gasteiger partial charge in [0.25, 0.3) is 0 Å². The van der Waals surface area contributed by atoms with Gasteiger partial charge in [-0.3, -0.25) is 14.9 Å². The van der Waals surface area contributed by atoms with Crippen molar-refractivity contribution in [1.29, 1.82) is 0 Å². The fraction of sp³-hybridized carbons (Fsp3) is 0.500. The third-order valence-corrected chi connectivity index (χ3v) is 4.82. The SMILES string of the molecule is Cc1ccnc(-c2n[nH]c(C(C)NC(=O)NC3CCC(C(=O)O)CC3)n2)c1. The zero-order valence-corrected chi connectivity index (χ0v) is 15.4. The second kappa shape index (κ2) is 8.15. The molecule has 1 unspecified atom stereocenters. The molecule has 0 radical (unpaired) electrons.